The number of tetrazole rings is 1. The van der Waals surface area contributed by atoms with Gasteiger partial charge in [0.05, 0.1) is 17.5 Å². The Bertz CT molecular complexity index is 697. The Morgan fingerprint density at radius 3 is 2.76 bits per heavy atom. The fourth-order valence-corrected chi connectivity index (χ4v) is 2.50. The van der Waals surface area contributed by atoms with Gasteiger partial charge in [-0.2, -0.15) is 0 Å². The molecule has 110 valence electrons. The third kappa shape index (κ3) is 2.26. The monoisotopic (exact) mass is 294 g/mol. The van der Waals surface area contributed by atoms with Crippen LogP contribution in [0, 0.1) is 17.0 Å². The summed E-state index contributed by atoms with van der Waals surface area (Å²) in [4.78, 5) is 11.4. The molecular formula is C13H12F2N4O2. The van der Waals surface area contributed by atoms with E-state index in [-0.39, 0.29) is 17.9 Å². The molecule has 0 atom stereocenters. The number of aliphatic carboxylic acids is 1. The van der Waals surface area contributed by atoms with E-state index in [9.17, 15) is 18.7 Å². The predicted molar refractivity (Wildman–Crippen MR) is 67.1 cm³/mol. The second-order valence-corrected chi connectivity index (χ2v) is 5.22. The molecule has 0 amide bonds. The smallest absolute Gasteiger partial charge is 0.311 e. The zero-order valence-corrected chi connectivity index (χ0v) is 11.0. The summed E-state index contributed by atoms with van der Waals surface area (Å²) in [5, 5.41) is 20.2. The summed E-state index contributed by atoms with van der Waals surface area (Å²) in [6.07, 6.45) is 1.86. The van der Waals surface area contributed by atoms with Crippen LogP contribution in [0.15, 0.2) is 18.2 Å². The number of rotatable bonds is 4. The standard InChI is InChI=1S/C13H12F2N4O2/c14-8-2-3-10(15)9(6-8)11-16-17-18-19(11)7-13(12(20)21)4-1-5-13/h2-3,6H,1,4-5,7H2,(H,20,21). The Morgan fingerprint density at radius 1 is 1.38 bits per heavy atom. The van der Waals surface area contributed by atoms with E-state index in [0.717, 1.165) is 24.6 Å². The van der Waals surface area contributed by atoms with Crippen molar-refractivity contribution in [2.45, 2.75) is 25.8 Å². The molecule has 2 aromatic rings. The van der Waals surface area contributed by atoms with Gasteiger partial charge in [-0.25, -0.2) is 13.5 Å². The fraction of sp³-hybridized carbons (Fsp3) is 0.385. The lowest BCUT2D eigenvalue weighted by Crippen LogP contribution is -2.42. The van der Waals surface area contributed by atoms with Crippen LogP contribution in [0.3, 0.4) is 0 Å². The molecule has 1 N–H and O–H groups in total. The molecule has 0 saturated heterocycles. The van der Waals surface area contributed by atoms with Crippen molar-refractivity contribution in [1.82, 2.24) is 20.2 Å². The number of carboxylic acids is 1. The van der Waals surface area contributed by atoms with E-state index in [1.165, 1.54) is 4.68 Å². The van der Waals surface area contributed by atoms with Crippen LogP contribution >= 0.6 is 0 Å². The minimum absolute atomic E-state index is 0.0273. The number of aromatic nitrogens is 4. The molecule has 0 aliphatic heterocycles. The summed E-state index contributed by atoms with van der Waals surface area (Å²) in [6, 6.07) is 2.98. The molecule has 1 aromatic heterocycles. The molecule has 8 heteroatoms. The second-order valence-electron chi connectivity index (χ2n) is 5.22. The molecule has 1 fully saturated rings. The van der Waals surface area contributed by atoms with Crippen molar-refractivity contribution in [3.8, 4) is 11.4 Å². The van der Waals surface area contributed by atoms with Crippen LogP contribution in [-0.2, 0) is 11.3 Å². The summed E-state index contributed by atoms with van der Waals surface area (Å²) < 4.78 is 28.3. The van der Waals surface area contributed by atoms with Gasteiger partial charge in [0.15, 0.2) is 5.82 Å². The first-order valence-electron chi connectivity index (χ1n) is 6.47. The fourth-order valence-electron chi connectivity index (χ4n) is 2.50. The summed E-state index contributed by atoms with van der Waals surface area (Å²) in [5.41, 5.74) is -1.01. The van der Waals surface area contributed by atoms with Gasteiger partial charge in [-0.15, -0.1) is 5.10 Å². The number of carbonyl (C=O) groups is 1. The van der Waals surface area contributed by atoms with E-state index < -0.39 is 23.0 Å². The lowest BCUT2D eigenvalue weighted by atomic mass is 9.69. The summed E-state index contributed by atoms with van der Waals surface area (Å²) in [5.74, 6) is -2.17. The highest BCUT2D eigenvalue weighted by Gasteiger charge is 2.45. The number of halogens is 2. The minimum Gasteiger partial charge on any atom is -0.481 e. The average molecular weight is 294 g/mol. The Morgan fingerprint density at radius 2 is 2.14 bits per heavy atom. The zero-order valence-electron chi connectivity index (χ0n) is 11.0. The number of hydrogen-bond acceptors (Lipinski definition) is 4. The van der Waals surface area contributed by atoms with Gasteiger partial charge in [-0.05, 0) is 41.5 Å². The molecular weight excluding hydrogens is 282 g/mol. The number of hydrogen-bond donors (Lipinski definition) is 1. The third-order valence-electron chi connectivity index (χ3n) is 3.92. The van der Waals surface area contributed by atoms with E-state index in [2.05, 4.69) is 15.5 Å². The Balaban J connectivity index is 1.98. The molecule has 0 spiro atoms. The van der Waals surface area contributed by atoms with Gasteiger partial charge in [0.1, 0.15) is 11.6 Å². The summed E-state index contributed by atoms with van der Waals surface area (Å²) in [7, 11) is 0. The first-order chi connectivity index (χ1) is 10.0. The van der Waals surface area contributed by atoms with E-state index in [0.29, 0.717) is 12.8 Å². The van der Waals surface area contributed by atoms with Gasteiger partial charge in [-0.1, -0.05) is 6.42 Å². The Hall–Kier alpha value is -2.38. The van der Waals surface area contributed by atoms with Gasteiger partial charge in [0, 0.05) is 0 Å². The largest absolute Gasteiger partial charge is 0.481 e. The second kappa shape index (κ2) is 4.87. The van der Waals surface area contributed by atoms with Crippen molar-refractivity contribution in [2.75, 3.05) is 0 Å². The van der Waals surface area contributed by atoms with Crippen LogP contribution in [-0.4, -0.2) is 31.3 Å². The van der Waals surface area contributed by atoms with Crippen molar-refractivity contribution >= 4 is 5.97 Å². The van der Waals surface area contributed by atoms with E-state index in [4.69, 9.17) is 0 Å². The zero-order chi connectivity index (χ0) is 15.0. The van der Waals surface area contributed by atoms with E-state index in [1.54, 1.807) is 0 Å². The highest BCUT2D eigenvalue weighted by atomic mass is 19.1. The van der Waals surface area contributed by atoms with Gasteiger partial charge < -0.3 is 5.11 Å². The van der Waals surface area contributed by atoms with Crippen LogP contribution in [0.25, 0.3) is 11.4 Å². The van der Waals surface area contributed by atoms with Crippen LogP contribution < -0.4 is 0 Å². The topological polar surface area (TPSA) is 80.9 Å². The van der Waals surface area contributed by atoms with Crippen molar-refractivity contribution in [2.24, 2.45) is 5.41 Å². The lowest BCUT2D eigenvalue weighted by Gasteiger charge is -2.37. The molecule has 1 aromatic carbocycles. The number of nitrogens with zero attached hydrogens (tertiary/aromatic N) is 4. The number of benzene rings is 1. The van der Waals surface area contributed by atoms with Crippen molar-refractivity contribution in [3.63, 3.8) is 0 Å². The van der Waals surface area contributed by atoms with Crippen molar-refractivity contribution in [1.29, 1.82) is 0 Å². The summed E-state index contributed by atoms with van der Waals surface area (Å²) in [6.45, 7) is 0.0423. The Labute approximate surface area is 118 Å². The van der Waals surface area contributed by atoms with Crippen LogP contribution in [0.2, 0.25) is 0 Å². The molecule has 0 unspecified atom stereocenters. The first kappa shape index (κ1) is 13.6. The summed E-state index contributed by atoms with van der Waals surface area (Å²) >= 11 is 0. The molecule has 1 heterocycles. The normalized spacial score (nSPS) is 16.5. The molecule has 1 aliphatic carbocycles. The Kier molecular flexibility index (Phi) is 3.15. The van der Waals surface area contributed by atoms with Gasteiger partial charge in [0.25, 0.3) is 0 Å². The highest BCUT2D eigenvalue weighted by Crippen LogP contribution is 2.43. The van der Waals surface area contributed by atoms with Crippen molar-refractivity contribution in [3.05, 3.63) is 29.8 Å². The van der Waals surface area contributed by atoms with E-state index >= 15 is 0 Å². The average Bonchev–Trinajstić information content (AvgIpc) is 2.84. The maximum Gasteiger partial charge on any atom is 0.311 e. The molecule has 0 radical (unpaired) electrons. The van der Waals surface area contributed by atoms with Gasteiger partial charge >= 0.3 is 5.97 Å². The molecule has 21 heavy (non-hydrogen) atoms. The maximum absolute atomic E-state index is 13.8. The molecule has 1 aliphatic rings. The predicted octanol–water partition coefficient (Wildman–Crippen LogP) is 1.87. The van der Waals surface area contributed by atoms with Crippen LogP contribution in [0.5, 0.6) is 0 Å². The SMILES string of the molecule is O=C(O)C1(Cn2nnnc2-c2cc(F)ccc2F)CCC1. The molecule has 0 bridgehead atoms. The van der Waals surface area contributed by atoms with Crippen LogP contribution in [0.4, 0.5) is 8.78 Å². The quantitative estimate of drug-likeness (QED) is 0.931. The minimum atomic E-state index is -0.923. The van der Waals surface area contributed by atoms with Gasteiger partial charge in [0.2, 0.25) is 0 Å². The molecule has 3 rings (SSSR count). The van der Waals surface area contributed by atoms with Crippen molar-refractivity contribution < 1.29 is 18.7 Å². The molecule has 1 saturated carbocycles. The molecule has 6 nitrogen and oxygen atoms in total. The number of carboxylic acid groups (broad SMARTS) is 1. The third-order valence-corrected chi connectivity index (χ3v) is 3.92. The maximum atomic E-state index is 13.8. The van der Waals surface area contributed by atoms with Crippen LogP contribution in [0.1, 0.15) is 19.3 Å². The van der Waals surface area contributed by atoms with Gasteiger partial charge in [-0.3, -0.25) is 4.79 Å². The van der Waals surface area contributed by atoms with E-state index in [1.807, 2.05) is 0 Å². The highest BCUT2D eigenvalue weighted by molar-refractivity contribution is 5.75. The lowest BCUT2D eigenvalue weighted by molar-refractivity contribution is -0.156. The first-order valence-corrected chi connectivity index (χ1v) is 6.47.